The molecule has 2 amide bonds. The lowest BCUT2D eigenvalue weighted by Crippen LogP contribution is -2.21. The number of fused-ring (bicyclic) bond motifs is 1. The van der Waals surface area contributed by atoms with Crippen LogP contribution in [0.4, 0.5) is 5.69 Å². The zero-order valence-corrected chi connectivity index (χ0v) is 16.2. The van der Waals surface area contributed by atoms with Gasteiger partial charge in [0.15, 0.2) is 6.61 Å². The maximum atomic E-state index is 11.9. The summed E-state index contributed by atoms with van der Waals surface area (Å²) < 4.78 is 5.04. The second kappa shape index (κ2) is 9.54. The summed E-state index contributed by atoms with van der Waals surface area (Å²) >= 11 is 0. The zero-order chi connectivity index (χ0) is 20.6. The van der Waals surface area contributed by atoms with Crippen molar-refractivity contribution >= 4 is 34.4 Å². The molecule has 1 heterocycles. The standard InChI is InChI=1S/C22H23N3O4/c1-23-22(28)15-9-11-17(12-10-15)25-20(26)14-29-21(27)8-4-5-16-13-24-19-7-3-2-6-18(16)19/h2-3,6-7,9-13,24H,4-5,8,14H2,1H3,(H,23,28)(H,25,26). The van der Waals surface area contributed by atoms with Gasteiger partial charge in [-0.3, -0.25) is 14.4 Å². The maximum absolute atomic E-state index is 11.9. The lowest BCUT2D eigenvalue weighted by Gasteiger charge is -2.07. The predicted octanol–water partition coefficient (Wildman–Crippen LogP) is 3.03. The average Bonchev–Trinajstić information content (AvgIpc) is 3.15. The Labute approximate surface area is 168 Å². The van der Waals surface area contributed by atoms with Crippen molar-refractivity contribution in [1.82, 2.24) is 10.3 Å². The summed E-state index contributed by atoms with van der Waals surface area (Å²) in [5.74, 6) is -1.04. The quantitative estimate of drug-likeness (QED) is 0.512. The summed E-state index contributed by atoms with van der Waals surface area (Å²) in [6, 6.07) is 14.5. The van der Waals surface area contributed by atoms with Crippen molar-refractivity contribution < 1.29 is 19.1 Å². The third-order valence-corrected chi connectivity index (χ3v) is 4.52. The van der Waals surface area contributed by atoms with Gasteiger partial charge in [-0.2, -0.15) is 0 Å². The van der Waals surface area contributed by atoms with Gasteiger partial charge in [0.25, 0.3) is 11.8 Å². The van der Waals surface area contributed by atoms with E-state index in [1.807, 2.05) is 30.5 Å². The van der Waals surface area contributed by atoms with Crippen molar-refractivity contribution in [3.8, 4) is 0 Å². The van der Waals surface area contributed by atoms with Crippen LogP contribution in [0.2, 0.25) is 0 Å². The van der Waals surface area contributed by atoms with Gasteiger partial charge >= 0.3 is 5.97 Å². The predicted molar refractivity (Wildman–Crippen MR) is 111 cm³/mol. The fourth-order valence-corrected chi connectivity index (χ4v) is 3.03. The number of carbonyl (C=O) groups excluding carboxylic acids is 3. The third-order valence-electron chi connectivity index (χ3n) is 4.52. The van der Waals surface area contributed by atoms with E-state index in [2.05, 4.69) is 15.6 Å². The van der Waals surface area contributed by atoms with E-state index in [-0.39, 0.29) is 18.9 Å². The number of aromatic nitrogens is 1. The first kappa shape index (κ1) is 20.1. The van der Waals surface area contributed by atoms with Crippen LogP contribution in [0.5, 0.6) is 0 Å². The molecule has 1 aromatic heterocycles. The minimum atomic E-state index is -0.428. The van der Waals surface area contributed by atoms with E-state index in [0.717, 1.165) is 22.9 Å². The summed E-state index contributed by atoms with van der Waals surface area (Å²) in [6.45, 7) is -0.344. The van der Waals surface area contributed by atoms with Crippen LogP contribution in [0.1, 0.15) is 28.8 Å². The van der Waals surface area contributed by atoms with Crippen molar-refractivity contribution in [3.63, 3.8) is 0 Å². The van der Waals surface area contributed by atoms with E-state index in [1.54, 1.807) is 31.3 Å². The van der Waals surface area contributed by atoms with Gasteiger partial charge in [0.1, 0.15) is 0 Å². The number of nitrogens with one attached hydrogen (secondary N) is 3. The monoisotopic (exact) mass is 393 g/mol. The molecule has 0 aliphatic heterocycles. The largest absolute Gasteiger partial charge is 0.456 e. The Morgan fingerprint density at radius 2 is 1.79 bits per heavy atom. The third kappa shape index (κ3) is 5.44. The summed E-state index contributed by atoms with van der Waals surface area (Å²) in [5.41, 5.74) is 3.25. The van der Waals surface area contributed by atoms with Crippen molar-refractivity contribution in [2.45, 2.75) is 19.3 Å². The number of carbonyl (C=O) groups is 3. The molecule has 0 spiro atoms. The molecule has 0 unspecified atom stereocenters. The number of benzene rings is 2. The van der Waals surface area contributed by atoms with Gasteiger partial charge < -0.3 is 20.4 Å². The van der Waals surface area contributed by atoms with Gasteiger partial charge in [-0.15, -0.1) is 0 Å². The van der Waals surface area contributed by atoms with E-state index in [1.165, 1.54) is 0 Å². The van der Waals surface area contributed by atoms with E-state index >= 15 is 0 Å². The molecule has 29 heavy (non-hydrogen) atoms. The highest BCUT2D eigenvalue weighted by Gasteiger charge is 2.10. The average molecular weight is 393 g/mol. The van der Waals surface area contributed by atoms with E-state index in [0.29, 0.717) is 17.7 Å². The Morgan fingerprint density at radius 3 is 2.55 bits per heavy atom. The first-order chi connectivity index (χ1) is 14.1. The van der Waals surface area contributed by atoms with Crippen molar-refractivity contribution in [2.24, 2.45) is 0 Å². The van der Waals surface area contributed by atoms with Gasteiger partial charge in [0.05, 0.1) is 0 Å². The summed E-state index contributed by atoms with van der Waals surface area (Å²) in [6.07, 6.45) is 3.60. The number of aromatic amines is 1. The van der Waals surface area contributed by atoms with Gasteiger partial charge in [-0.1, -0.05) is 18.2 Å². The molecule has 0 saturated carbocycles. The van der Waals surface area contributed by atoms with Crippen molar-refractivity contribution in [1.29, 1.82) is 0 Å². The molecule has 3 rings (SSSR count). The minimum Gasteiger partial charge on any atom is -0.456 e. The number of ether oxygens (including phenoxy) is 1. The first-order valence-electron chi connectivity index (χ1n) is 9.39. The lowest BCUT2D eigenvalue weighted by molar-refractivity contribution is -0.147. The molecule has 2 aromatic carbocycles. The SMILES string of the molecule is CNC(=O)c1ccc(NC(=O)COC(=O)CCCc2c[nH]c3ccccc23)cc1. The van der Waals surface area contributed by atoms with Crippen LogP contribution in [-0.2, 0) is 20.7 Å². The second-order valence-corrected chi connectivity index (χ2v) is 6.58. The number of hydrogen-bond donors (Lipinski definition) is 3. The molecule has 0 saturated heterocycles. The van der Waals surface area contributed by atoms with Crippen molar-refractivity contribution in [3.05, 3.63) is 65.9 Å². The minimum absolute atomic E-state index is 0.204. The Bertz CT molecular complexity index is 1010. The van der Waals surface area contributed by atoms with Crippen LogP contribution in [0.25, 0.3) is 10.9 Å². The number of rotatable bonds is 8. The van der Waals surface area contributed by atoms with Crippen LogP contribution in [0, 0.1) is 0 Å². The highest BCUT2D eigenvalue weighted by atomic mass is 16.5. The number of anilines is 1. The van der Waals surface area contributed by atoms with E-state index in [9.17, 15) is 14.4 Å². The highest BCUT2D eigenvalue weighted by Crippen LogP contribution is 2.19. The highest BCUT2D eigenvalue weighted by molar-refractivity contribution is 5.96. The van der Waals surface area contributed by atoms with Crippen LogP contribution < -0.4 is 10.6 Å². The lowest BCUT2D eigenvalue weighted by atomic mass is 10.1. The smallest absolute Gasteiger partial charge is 0.306 e. The molecule has 0 aliphatic carbocycles. The second-order valence-electron chi connectivity index (χ2n) is 6.58. The summed E-state index contributed by atoms with van der Waals surface area (Å²) in [4.78, 5) is 38.5. The van der Waals surface area contributed by atoms with Gasteiger partial charge in [-0.05, 0) is 48.7 Å². The molecule has 0 fully saturated rings. The fourth-order valence-electron chi connectivity index (χ4n) is 3.03. The number of esters is 1. The first-order valence-corrected chi connectivity index (χ1v) is 9.39. The van der Waals surface area contributed by atoms with Crippen molar-refractivity contribution in [2.75, 3.05) is 19.0 Å². The van der Waals surface area contributed by atoms with Gasteiger partial charge in [-0.25, -0.2) is 0 Å². The van der Waals surface area contributed by atoms with E-state index in [4.69, 9.17) is 4.74 Å². The van der Waals surface area contributed by atoms with E-state index < -0.39 is 11.9 Å². The molecule has 7 nitrogen and oxygen atoms in total. The Morgan fingerprint density at radius 1 is 1.03 bits per heavy atom. The van der Waals surface area contributed by atoms with Crippen LogP contribution in [-0.4, -0.2) is 36.4 Å². The topological polar surface area (TPSA) is 100 Å². The molecular weight excluding hydrogens is 370 g/mol. The Kier molecular flexibility index (Phi) is 6.63. The molecule has 3 aromatic rings. The number of H-pyrrole nitrogens is 1. The Balaban J connectivity index is 1.38. The maximum Gasteiger partial charge on any atom is 0.306 e. The number of aryl methyl sites for hydroxylation is 1. The number of para-hydroxylation sites is 1. The van der Waals surface area contributed by atoms with Crippen LogP contribution >= 0.6 is 0 Å². The molecule has 3 N–H and O–H groups in total. The number of amides is 2. The molecule has 0 bridgehead atoms. The Hall–Kier alpha value is -3.61. The summed E-state index contributed by atoms with van der Waals surface area (Å²) in [5, 5.41) is 6.31. The van der Waals surface area contributed by atoms with Crippen LogP contribution in [0.3, 0.4) is 0 Å². The summed E-state index contributed by atoms with van der Waals surface area (Å²) in [7, 11) is 1.55. The fraction of sp³-hybridized carbons (Fsp3) is 0.227. The molecule has 0 atom stereocenters. The normalized spacial score (nSPS) is 10.5. The van der Waals surface area contributed by atoms with Crippen LogP contribution in [0.15, 0.2) is 54.7 Å². The molecule has 0 aliphatic rings. The number of hydrogen-bond acceptors (Lipinski definition) is 4. The van der Waals surface area contributed by atoms with Gasteiger partial charge in [0, 0.05) is 41.8 Å². The molecular formula is C22H23N3O4. The molecule has 150 valence electrons. The molecule has 0 radical (unpaired) electrons. The van der Waals surface area contributed by atoms with Gasteiger partial charge in [0.2, 0.25) is 0 Å². The molecule has 7 heteroatoms. The zero-order valence-electron chi connectivity index (χ0n) is 16.2.